The van der Waals surface area contributed by atoms with Gasteiger partial charge in [-0.05, 0) is 92.4 Å². The van der Waals surface area contributed by atoms with E-state index >= 15 is 0 Å². The number of hydrogen-bond donors (Lipinski definition) is 1. The van der Waals surface area contributed by atoms with Crippen LogP contribution in [0.4, 0.5) is 9.59 Å². The molecule has 0 radical (unpaired) electrons. The van der Waals surface area contributed by atoms with Gasteiger partial charge in [-0.3, -0.25) is 0 Å². The van der Waals surface area contributed by atoms with Crippen molar-refractivity contribution in [1.29, 1.82) is 0 Å². The molecule has 0 heterocycles. The van der Waals surface area contributed by atoms with E-state index in [1.807, 2.05) is 51.3 Å². The van der Waals surface area contributed by atoms with Crippen LogP contribution in [0.5, 0.6) is 0 Å². The molecule has 0 bridgehead atoms. The van der Waals surface area contributed by atoms with Crippen molar-refractivity contribution in [1.82, 2.24) is 9.80 Å². The van der Waals surface area contributed by atoms with E-state index in [2.05, 4.69) is 0 Å². The summed E-state index contributed by atoms with van der Waals surface area (Å²) in [6.07, 6.45) is 9.92. The third-order valence-electron chi connectivity index (χ3n) is 6.49. The molecule has 0 aromatic heterocycles. The van der Waals surface area contributed by atoms with E-state index in [0.29, 0.717) is 32.0 Å². The van der Waals surface area contributed by atoms with Crippen molar-refractivity contribution in [2.75, 3.05) is 19.6 Å². The first-order valence-corrected chi connectivity index (χ1v) is 13.1. The quantitative estimate of drug-likeness (QED) is 0.519. The van der Waals surface area contributed by atoms with Crippen molar-refractivity contribution >= 4 is 12.2 Å². The van der Waals surface area contributed by atoms with Crippen molar-refractivity contribution < 1.29 is 19.1 Å². The Kier molecular flexibility index (Phi) is 10.3. The molecule has 0 aromatic rings. The van der Waals surface area contributed by atoms with E-state index in [4.69, 9.17) is 15.2 Å². The van der Waals surface area contributed by atoms with Gasteiger partial charge >= 0.3 is 12.2 Å². The number of carbonyl (C=O) groups is 2. The van der Waals surface area contributed by atoms with Crippen LogP contribution in [0, 0.1) is 5.92 Å². The van der Waals surface area contributed by atoms with E-state index in [0.717, 1.165) is 51.4 Å². The number of carbonyl (C=O) groups excluding carboxylic acids is 2. The molecule has 2 aliphatic carbocycles. The summed E-state index contributed by atoms with van der Waals surface area (Å²) in [5.74, 6) is 0.456. The Morgan fingerprint density at radius 3 is 1.88 bits per heavy atom. The second kappa shape index (κ2) is 12.3. The monoisotopic (exact) mass is 467 g/mol. The lowest BCUT2D eigenvalue weighted by atomic mass is 9.86. The zero-order chi connectivity index (χ0) is 24.6. The molecule has 2 N–H and O–H groups in total. The third kappa shape index (κ3) is 10.5. The van der Waals surface area contributed by atoms with Gasteiger partial charge in [0.2, 0.25) is 0 Å². The molecule has 0 saturated heterocycles. The normalized spacial score (nSPS) is 22.5. The molecule has 0 unspecified atom stereocenters. The number of rotatable bonds is 7. The minimum Gasteiger partial charge on any atom is -0.444 e. The van der Waals surface area contributed by atoms with Gasteiger partial charge in [0.25, 0.3) is 0 Å². The van der Waals surface area contributed by atoms with E-state index in [1.165, 1.54) is 6.42 Å². The summed E-state index contributed by atoms with van der Waals surface area (Å²) in [7, 11) is 0. The average Bonchev–Trinajstić information content (AvgIpc) is 2.69. The fraction of sp³-hybridized carbons (Fsp3) is 0.923. The number of hydrogen-bond acceptors (Lipinski definition) is 5. The number of amides is 2. The van der Waals surface area contributed by atoms with Crippen LogP contribution in [0.25, 0.3) is 0 Å². The highest BCUT2D eigenvalue weighted by Crippen LogP contribution is 2.26. The van der Waals surface area contributed by atoms with Gasteiger partial charge in [-0.2, -0.15) is 0 Å². The third-order valence-corrected chi connectivity index (χ3v) is 6.49. The van der Waals surface area contributed by atoms with E-state index in [1.54, 1.807) is 0 Å². The number of ether oxygens (including phenoxy) is 2. The lowest BCUT2D eigenvalue weighted by Gasteiger charge is -2.36. The lowest BCUT2D eigenvalue weighted by molar-refractivity contribution is 0.00914. The van der Waals surface area contributed by atoms with Crippen LogP contribution < -0.4 is 5.73 Å². The Bertz CT molecular complexity index is 612. The molecule has 7 nitrogen and oxygen atoms in total. The minimum atomic E-state index is -0.533. The van der Waals surface area contributed by atoms with Crippen LogP contribution in [0.1, 0.15) is 106 Å². The van der Waals surface area contributed by atoms with Crippen molar-refractivity contribution in [3.05, 3.63) is 0 Å². The zero-order valence-electron chi connectivity index (χ0n) is 22.0. The van der Waals surface area contributed by atoms with Crippen molar-refractivity contribution in [2.45, 2.75) is 129 Å². The van der Waals surface area contributed by atoms with E-state index in [9.17, 15) is 9.59 Å². The van der Waals surface area contributed by atoms with Crippen molar-refractivity contribution in [3.8, 4) is 0 Å². The molecule has 2 rings (SSSR count). The van der Waals surface area contributed by atoms with Gasteiger partial charge in [0, 0.05) is 31.7 Å². The largest absolute Gasteiger partial charge is 0.444 e. The van der Waals surface area contributed by atoms with Gasteiger partial charge in [-0.25, -0.2) is 9.59 Å². The fourth-order valence-electron chi connectivity index (χ4n) is 4.83. The van der Waals surface area contributed by atoms with Gasteiger partial charge in [0.05, 0.1) is 0 Å². The van der Waals surface area contributed by atoms with Crippen LogP contribution in [0.2, 0.25) is 0 Å². The second-order valence-electron chi connectivity index (χ2n) is 12.0. The van der Waals surface area contributed by atoms with Gasteiger partial charge in [0.15, 0.2) is 0 Å². The van der Waals surface area contributed by atoms with Gasteiger partial charge in [-0.1, -0.05) is 19.3 Å². The summed E-state index contributed by atoms with van der Waals surface area (Å²) in [5.41, 5.74) is 5.02. The Balaban J connectivity index is 2.01. The molecule has 7 heteroatoms. The van der Waals surface area contributed by atoms with Crippen LogP contribution in [0.3, 0.4) is 0 Å². The number of nitrogens with two attached hydrogens (primary N) is 1. The molecule has 2 amide bonds. The van der Waals surface area contributed by atoms with Crippen LogP contribution in [-0.2, 0) is 9.47 Å². The van der Waals surface area contributed by atoms with Gasteiger partial charge < -0.3 is 25.0 Å². The SMILES string of the molecule is CC(C)(C)OC(=O)N(CCCN(C(=O)OC(C)(C)C)C1CCCCC1)C[C@H]1CC[C@@H](N)CC1. The topological polar surface area (TPSA) is 85.1 Å². The predicted molar refractivity (Wildman–Crippen MR) is 132 cm³/mol. The first-order valence-electron chi connectivity index (χ1n) is 13.1. The van der Waals surface area contributed by atoms with E-state index in [-0.39, 0.29) is 24.3 Å². The summed E-state index contributed by atoms with van der Waals surface area (Å²) < 4.78 is 11.4. The van der Waals surface area contributed by atoms with Crippen molar-refractivity contribution in [3.63, 3.8) is 0 Å². The molecule has 0 aromatic carbocycles. The maximum absolute atomic E-state index is 13.0. The Morgan fingerprint density at radius 2 is 1.33 bits per heavy atom. The molecule has 0 spiro atoms. The molecule has 2 saturated carbocycles. The maximum atomic E-state index is 13.0. The molecule has 2 fully saturated rings. The van der Waals surface area contributed by atoms with Crippen LogP contribution in [0.15, 0.2) is 0 Å². The van der Waals surface area contributed by atoms with Crippen LogP contribution >= 0.6 is 0 Å². The number of nitrogens with zero attached hydrogens (tertiary/aromatic N) is 2. The molecule has 33 heavy (non-hydrogen) atoms. The highest BCUT2D eigenvalue weighted by molar-refractivity contribution is 5.69. The average molecular weight is 468 g/mol. The summed E-state index contributed by atoms with van der Waals surface area (Å²) in [5, 5.41) is 0. The lowest BCUT2D eigenvalue weighted by Crippen LogP contribution is -2.46. The minimum absolute atomic E-state index is 0.225. The van der Waals surface area contributed by atoms with E-state index < -0.39 is 11.2 Å². The molecule has 192 valence electrons. The summed E-state index contributed by atoms with van der Waals surface area (Å²) in [6.45, 7) is 13.3. The second-order valence-corrected chi connectivity index (χ2v) is 12.0. The molecule has 0 aliphatic heterocycles. The van der Waals surface area contributed by atoms with Crippen molar-refractivity contribution in [2.24, 2.45) is 11.7 Å². The molecule has 0 atom stereocenters. The summed E-state index contributed by atoms with van der Waals surface area (Å²) >= 11 is 0. The summed E-state index contributed by atoms with van der Waals surface area (Å²) in [6, 6.07) is 0.512. The Labute approximate surface area is 201 Å². The highest BCUT2D eigenvalue weighted by atomic mass is 16.6. The Morgan fingerprint density at radius 1 is 0.788 bits per heavy atom. The predicted octanol–water partition coefficient (Wildman–Crippen LogP) is 5.70. The summed E-state index contributed by atoms with van der Waals surface area (Å²) in [4.78, 5) is 29.7. The standard InChI is InChI=1S/C26H49N3O4/c1-25(2,3)32-23(30)28(19-20-13-15-21(27)16-14-20)17-10-18-29(22-11-8-7-9-12-22)24(31)33-26(4,5)6/h20-22H,7-19,27H2,1-6H3/t20-,21+. The molecular formula is C26H49N3O4. The van der Waals surface area contributed by atoms with Gasteiger partial charge in [0.1, 0.15) is 11.2 Å². The highest BCUT2D eigenvalue weighted by Gasteiger charge is 2.31. The maximum Gasteiger partial charge on any atom is 0.410 e. The zero-order valence-corrected chi connectivity index (χ0v) is 22.0. The first kappa shape index (κ1) is 27.7. The first-order chi connectivity index (χ1) is 15.3. The van der Waals surface area contributed by atoms with Gasteiger partial charge in [-0.15, -0.1) is 0 Å². The van der Waals surface area contributed by atoms with Crippen LogP contribution in [-0.4, -0.2) is 64.9 Å². The Hall–Kier alpha value is -1.50. The molecular weight excluding hydrogens is 418 g/mol. The fourth-order valence-corrected chi connectivity index (χ4v) is 4.83. The smallest absolute Gasteiger partial charge is 0.410 e. The molecule has 2 aliphatic rings.